The molecule has 0 saturated carbocycles. The van der Waals surface area contributed by atoms with Gasteiger partial charge in [0.2, 0.25) is 0 Å². The van der Waals surface area contributed by atoms with E-state index in [1.807, 2.05) is 18.2 Å². The number of hydrogen-bond acceptors (Lipinski definition) is 3. The van der Waals surface area contributed by atoms with Crippen molar-refractivity contribution in [2.24, 2.45) is 0 Å². The van der Waals surface area contributed by atoms with Gasteiger partial charge in [0.05, 0.1) is 13.2 Å². The van der Waals surface area contributed by atoms with Crippen molar-refractivity contribution < 1.29 is 9.84 Å². The highest BCUT2D eigenvalue weighted by molar-refractivity contribution is 5.37. The second-order valence-corrected chi connectivity index (χ2v) is 4.18. The van der Waals surface area contributed by atoms with Crippen molar-refractivity contribution in [2.75, 3.05) is 13.2 Å². The van der Waals surface area contributed by atoms with Crippen LogP contribution in [0.2, 0.25) is 0 Å². The van der Waals surface area contributed by atoms with E-state index in [-0.39, 0.29) is 12.6 Å². The van der Waals surface area contributed by atoms with Gasteiger partial charge in [0.15, 0.2) is 0 Å². The third-order valence-corrected chi connectivity index (χ3v) is 3.11. The van der Waals surface area contributed by atoms with Crippen molar-refractivity contribution in [2.45, 2.75) is 31.8 Å². The van der Waals surface area contributed by atoms with Gasteiger partial charge in [0, 0.05) is 24.1 Å². The first kappa shape index (κ1) is 11.4. The lowest BCUT2D eigenvalue weighted by atomic mass is 9.99. The van der Waals surface area contributed by atoms with Gasteiger partial charge in [-0.05, 0) is 12.5 Å². The maximum atomic E-state index is 9.21. The zero-order valence-corrected chi connectivity index (χ0v) is 9.65. The summed E-state index contributed by atoms with van der Waals surface area (Å²) in [5, 5.41) is 12.7. The molecular formula is C13H19NO2. The van der Waals surface area contributed by atoms with E-state index >= 15 is 0 Å². The minimum Gasteiger partial charge on any atom is -0.493 e. The smallest absolute Gasteiger partial charge is 0.124 e. The van der Waals surface area contributed by atoms with E-state index in [0.717, 1.165) is 25.2 Å². The molecule has 1 aromatic carbocycles. The zero-order chi connectivity index (χ0) is 11.4. The van der Waals surface area contributed by atoms with Crippen LogP contribution in [-0.2, 0) is 0 Å². The number of fused-ring (bicyclic) bond motifs is 1. The molecule has 0 spiro atoms. The van der Waals surface area contributed by atoms with Crippen LogP contribution in [0.5, 0.6) is 5.75 Å². The number of benzene rings is 1. The van der Waals surface area contributed by atoms with Gasteiger partial charge in [0.1, 0.15) is 5.75 Å². The summed E-state index contributed by atoms with van der Waals surface area (Å²) in [6, 6.07) is 8.60. The van der Waals surface area contributed by atoms with E-state index in [1.165, 1.54) is 5.56 Å². The fourth-order valence-corrected chi connectivity index (χ4v) is 2.10. The second-order valence-electron chi connectivity index (χ2n) is 4.18. The Kier molecular flexibility index (Phi) is 3.80. The zero-order valence-electron chi connectivity index (χ0n) is 9.65. The molecule has 2 atom stereocenters. The molecule has 1 aliphatic rings. The largest absolute Gasteiger partial charge is 0.493 e. The maximum Gasteiger partial charge on any atom is 0.124 e. The van der Waals surface area contributed by atoms with Gasteiger partial charge in [-0.15, -0.1) is 0 Å². The molecule has 0 bridgehead atoms. The molecule has 0 aromatic heterocycles. The Morgan fingerprint density at radius 2 is 2.31 bits per heavy atom. The van der Waals surface area contributed by atoms with Gasteiger partial charge >= 0.3 is 0 Å². The van der Waals surface area contributed by atoms with Crippen molar-refractivity contribution in [3.63, 3.8) is 0 Å². The molecule has 0 amide bonds. The van der Waals surface area contributed by atoms with Crippen LogP contribution in [0.4, 0.5) is 0 Å². The molecule has 1 aromatic rings. The normalized spacial score (nSPS) is 21.0. The average molecular weight is 221 g/mol. The fourth-order valence-electron chi connectivity index (χ4n) is 2.10. The third-order valence-electron chi connectivity index (χ3n) is 3.11. The van der Waals surface area contributed by atoms with Gasteiger partial charge < -0.3 is 15.2 Å². The second kappa shape index (κ2) is 5.32. The number of ether oxygens (including phenoxy) is 1. The van der Waals surface area contributed by atoms with Crippen LogP contribution in [0, 0.1) is 0 Å². The highest BCUT2D eigenvalue weighted by Gasteiger charge is 2.22. The molecule has 0 aliphatic carbocycles. The summed E-state index contributed by atoms with van der Waals surface area (Å²) in [5.74, 6) is 0.971. The summed E-state index contributed by atoms with van der Waals surface area (Å²) >= 11 is 0. The Morgan fingerprint density at radius 3 is 3.06 bits per heavy atom. The molecule has 88 valence electrons. The first-order valence-electron chi connectivity index (χ1n) is 5.93. The van der Waals surface area contributed by atoms with Crippen molar-refractivity contribution in [3.05, 3.63) is 29.8 Å². The molecular weight excluding hydrogens is 202 g/mol. The molecule has 3 heteroatoms. The number of aliphatic hydroxyl groups is 1. The third kappa shape index (κ3) is 2.36. The SMILES string of the molecule is CC[C@H](CO)NC1CCOc2ccccc21. The van der Waals surface area contributed by atoms with E-state index in [4.69, 9.17) is 4.74 Å². The van der Waals surface area contributed by atoms with Crippen LogP contribution >= 0.6 is 0 Å². The molecule has 0 fully saturated rings. The summed E-state index contributed by atoms with van der Waals surface area (Å²) in [6.45, 7) is 3.02. The molecule has 1 heterocycles. The molecule has 3 nitrogen and oxygen atoms in total. The molecule has 2 N–H and O–H groups in total. The number of rotatable bonds is 4. The topological polar surface area (TPSA) is 41.5 Å². The van der Waals surface area contributed by atoms with Gasteiger partial charge in [-0.2, -0.15) is 0 Å². The lowest BCUT2D eigenvalue weighted by Crippen LogP contribution is -2.37. The molecule has 2 rings (SSSR count). The fraction of sp³-hybridized carbons (Fsp3) is 0.538. The van der Waals surface area contributed by atoms with Gasteiger partial charge in [-0.1, -0.05) is 25.1 Å². The summed E-state index contributed by atoms with van der Waals surface area (Å²) in [6.07, 6.45) is 1.91. The molecule has 0 saturated heterocycles. The highest BCUT2D eigenvalue weighted by atomic mass is 16.5. The van der Waals surface area contributed by atoms with Crippen LogP contribution in [0.1, 0.15) is 31.4 Å². The predicted molar refractivity (Wildman–Crippen MR) is 63.6 cm³/mol. The number of para-hydroxylation sites is 1. The number of hydrogen-bond donors (Lipinski definition) is 2. The number of aliphatic hydroxyl groups excluding tert-OH is 1. The first-order chi connectivity index (χ1) is 7.85. The summed E-state index contributed by atoms with van der Waals surface area (Å²) < 4.78 is 5.60. The lowest BCUT2D eigenvalue weighted by molar-refractivity contribution is 0.201. The van der Waals surface area contributed by atoms with E-state index in [1.54, 1.807) is 0 Å². The minimum atomic E-state index is 0.177. The van der Waals surface area contributed by atoms with Crippen LogP contribution in [0.3, 0.4) is 0 Å². The first-order valence-corrected chi connectivity index (χ1v) is 5.93. The monoisotopic (exact) mass is 221 g/mol. The predicted octanol–water partition coefficient (Wildman–Crippen LogP) is 1.87. The van der Waals surface area contributed by atoms with Gasteiger partial charge in [-0.3, -0.25) is 0 Å². The van der Waals surface area contributed by atoms with Gasteiger partial charge in [0.25, 0.3) is 0 Å². The number of nitrogens with one attached hydrogen (secondary N) is 1. The van der Waals surface area contributed by atoms with Gasteiger partial charge in [-0.25, -0.2) is 0 Å². The molecule has 1 aliphatic heterocycles. The van der Waals surface area contributed by atoms with Crippen molar-refractivity contribution in [1.29, 1.82) is 0 Å². The minimum absolute atomic E-state index is 0.177. The summed E-state index contributed by atoms with van der Waals surface area (Å²) in [7, 11) is 0. The van der Waals surface area contributed by atoms with E-state index in [9.17, 15) is 5.11 Å². The van der Waals surface area contributed by atoms with E-state index < -0.39 is 0 Å². The standard InChI is InChI=1S/C13H19NO2/c1-2-10(9-15)14-12-7-8-16-13-6-4-3-5-11(12)13/h3-6,10,12,14-15H,2,7-9H2,1H3/t10-,12?/m1/s1. The van der Waals surface area contributed by atoms with Crippen molar-refractivity contribution >= 4 is 0 Å². The van der Waals surface area contributed by atoms with Crippen LogP contribution in [0.25, 0.3) is 0 Å². The molecule has 0 radical (unpaired) electrons. The van der Waals surface area contributed by atoms with Crippen LogP contribution in [-0.4, -0.2) is 24.4 Å². The maximum absolute atomic E-state index is 9.21. The lowest BCUT2D eigenvalue weighted by Gasteiger charge is -2.29. The Bertz CT molecular complexity index is 336. The Hall–Kier alpha value is -1.06. The molecule has 16 heavy (non-hydrogen) atoms. The Balaban J connectivity index is 2.12. The molecule has 1 unspecified atom stereocenters. The Labute approximate surface area is 96.4 Å². The highest BCUT2D eigenvalue weighted by Crippen LogP contribution is 2.31. The van der Waals surface area contributed by atoms with Crippen molar-refractivity contribution in [1.82, 2.24) is 5.32 Å². The van der Waals surface area contributed by atoms with E-state index in [0.29, 0.717) is 6.04 Å². The average Bonchev–Trinajstić information content (AvgIpc) is 2.36. The summed E-state index contributed by atoms with van der Waals surface area (Å²) in [4.78, 5) is 0. The summed E-state index contributed by atoms with van der Waals surface area (Å²) in [5.41, 5.74) is 1.21. The Morgan fingerprint density at radius 1 is 1.50 bits per heavy atom. The van der Waals surface area contributed by atoms with Crippen molar-refractivity contribution in [3.8, 4) is 5.75 Å². The van der Waals surface area contributed by atoms with Crippen LogP contribution < -0.4 is 10.1 Å². The quantitative estimate of drug-likeness (QED) is 0.815. The van der Waals surface area contributed by atoms with Crippen LogP contribution in [0.15, 0.2) is 24.3 Å². The van der Waals surface area contributed by atoms with E-state index in [2.05, 4.69) is 18.3 Å².